The normalized spacial score (nSPS) is 19.6. The molecule has 1 aromatic rings. The predicted molar refractivity (Wildman–Crippen MR) is 59.0 cm³/mol. The van der Waals surface area contributed by atoms with Gasteiger partial charge in [0.2, 0.25) is 0 Å². The summed E-state index contributed by atoms with van der Waals surface area (Å²) in [6, 6.07) is 8.93. The summed E-state index contributed by atoms with van der Waals surface area (Å²) < 4.78 is 33.1. The van der Waals surface area contributed by atoms with Crippen LogP contribution < -0.4 is 0 Å². The van der Waals surface area contributed by atoms with E-state index in [2.05, 4.69) is 0 Å². The van der Waals surface area contributed by atoms with Crippen LogP contribution in [-0.4, -0.2) is 21.1 Å². The second kappa shape index (κ2) is 4.67. The molecule has 0 saturated heterocycles. The molecule has 0 aromatic heterocycles. The Hall–Kier alpha value is -1.33. The Morgan fingerprint density at radius 1 is 1.31 bits per heavy atom. The highest BCUT2D eigenvalue weighted by molar-refractivity contribution is 7.85. The Kier molecular flexibility index (Phi) is 3.26. The van der Waals surface area contributed by atoms with Gasteiger partial charge in [0.1, 0.15) is 18.5 Å². The van der Waals surface area contributed by atoms with E-state index in [-0.39, 0.29) is 12.4 Å². The summed E-state index contributed by atoms with van der Waals surface area (Å²) in [6.45, 7) is 0.258. The van der Waals surface area contributed by atoms with Crippen LogP contribution in [0, 0.1) is 0 Å². The van der Waals surface area contributed by atoms with Gasteiger partial charge in [-0.1, -0.05) is 30.3 Å². The molecule has 1 aromatic carbocycles. The van der Waals surface area contributed by atoms with Crippen molar-refractivity contribution in [3.05, 3.63) is 48.2 Å². The first kappa shape index (κ1) is 11.2. The highest BCUT2D eigenvalue weighted by Gasteiger charge is 2.20. The summed E-state index contributed by atoms with van der Waals surface area (Å²) in [5.74, 6) is -0.113. The molecule has 1 aliphatic rings. The van der Waals surface area contributed by atoms with Crippen LogP contribution in [0.5, 0.6) is 0 Å². The van der Waals surface area contributed by atoms with Crippen molar-refractivity contribution in [2.24, 2.45) is 0 Å². The van der Waals surface area contributed by atoms with Crippen LogP contribution in [0.1, 0.15) is 5.56 Å². The third-order valence-corrected chi connectivity index (χ3v) is 3.33. The summed E-state index contributed by atoms with van der Waals surface area (Å²) in [4.78, 5) is 0. The van der Waals surface area contributed by atoms with Crippen LogP contribution >= 0.6 is 0 Å². The highest BCUT2D eigenvalue weighted by Crippen LogP contribution is 2.13. The van der Waals surface area contributed by atoms with Crippen LogP contribution in [0.15, 0.2) is 42.7 Å². The van der Waals surface area contributed by atoms with Gasteiger partial charge >= 0.3 is 0 Å². The van der Waals surface area contributed by atoms with Crippen LogP contribution in [0.3, 0.4) is 0 Å². The van der Waals surface area contributed by atoms with E-state index in [4.69, 9.17) is 8.92 Å². The zero-order valence-corrected chi connectivity index (χ0v) is 9.39. The lowest BCUT2D eigenvalue weighted by molar-refractivity contribution is 0.169. The molecule has 0 N–H and O–H groups in total. The number of benzene rings is 1. The minimum Gasteiger partial charge on any atom is -0.498 e. The van der Waals surface area contributed by atoms with Gasteiger partial charge in [-0.05, 0) is 11.6 Å². The zero-order chi connectivity index (χ0) is 11.4. The van der Waals surface area contributed by atoms with E-state index in [1.165, 1.54) is 6.26 Å². The maximum absolute atomic E-state index is 11.6. The van der Waals surface area contributed by atoms with Crippen LogP contribution in [-0.2, 0) is 24.8 Å². The van der Waals surface area contributed by atoms with Gasteiger partial charge in [0.15, 0.2) is 0 Å². The average Bonchev–Trinajstić information content (AvgIpc) is 2.70. The molecule has 1 heterocycles. The van der Waals surface area contributed by atoms with Gasteiger partial charge in [-0.25, -0.2) is 0 Å². The minimum absolute atomic E-state index is 0.113. The van der Waals surface area contributed by atoms with E-state index in [0.717, 1.165) is 0 Å². The van der Waals surface area contributed by atoms with Crippen molar-refractivity contribution < 1.29 is 17.3 Å². The van der Waals surface area contributed by atoms with E-state index in [1.807, 2.05) is 6.07 Å². The van der Waals surface area contributed by atoms with Gasteiger partial charge in [0.05, 0.1) is 6.26 Å². The summed E-state index contributed by atoms with van der Waals surface area (Å²) in [5, 5.41) is 0. The Morgan fingerprint density at radius 3 is 2.69 bits per heavy atom. The summed E-state index contributed by atoms with van der Waals surface area (Å²) in [5.41, 5.74) is 0.713. The third kappa shape index (κ3) is 3.08. The van der Waals surface area contributed by atoms with Gasteiger partial charge in [0.25, 0.3) is 10.1 Å². The Labute approximate surface area is 94.6 Å². The first-order chi connectivity index (χ1) is 7.66. The van der Waals surface area contributed by atoms with E-state index in [0.29, 0.717) is 5.56 Å². The van der Waals surface area contributed by atoms with Gasteiger partial charge in [-0.2, -0.15) is 8.42 Å². The lowest BCUT2D eigenvalue weighted by atomic mass is 10.2. The lowest BCUT2D eigenvalue weighted by Crippen LogP contribution is -2.19. The number of ether oxygens (including phenoxy) is 1. The Bertz CT molecular complexity index is 464. The van der Waals surface area contributed by atoms with Crippen molar-refractivity contribution in [1.82, 2.24) is 0 Å². The number of hydrogen-bond donors (Lipinski definition) is 0. The molecule has 2 rings (SSSR count). The van der Waals surface area contributed by atoms with E-state index in [1.54, 1.807) is 30.3 Å². The van der Waals surface area contributed by atoms with Gasteiger partial charge < -0.3 is 4.74 Å². The van der Waals surface area contributed by atoms with E-state index >= 15 is 0 Å². The molecule has 5 heteroatoms. The maximum Gasteiger partial charge on any atom is 0.272 e. The van der Waals surface area contributed by atoms with Crippen LogP contribution in [0.25, 0.3) is 0 Å². The lowest BCUT2D eigenvalue weighted by Gasteiger charge is -2.09. The summed E-state index contributed by atoms with van der Waals surface area (Å²) >= 11 is 0. The quantitative estimate of drug-likeness (QED) is 0.747. The average molecular weight is 240 g/mol. The largest absolute Gasteiger partial charge is 0.498 e. The SMILES string of the molecule is O=S(=O)(Cc1ccccc1)OC1C=COC1. The molecule has 1 atom stereocenters. The number of rotatable bonds is 4. The monoisotopic (exact) mass is 240 g/mol. The smallest absolute Gasteiger partial charge is 0.272 e. The zero-order valence-electron chi connectivity index (χ0n) is 8.57. The molecule has 86 valence electrons. The Balaban J connectivity index is 2.00. The molecule has 0 saturated carbocycles. The predicted octanol–water partition coefficient (Wildman–Crippen LogP) is 1.45. The van der Waals surface area contributed by atoms with Crippen molar-refractivity contribution in [3.63, 3.8) is 0 Å². The third-order valence-electron chi connectivity index (χ3n) is 2.11. The van der Waals surface area contributed by atoms with Crippen molar-refractivity contribution >= 4 is 10.1 Å². The first-order valence-corrected chi connectivity index (χ1v) is 6.47. The minimum atomic E-state index is -3.55. The molecule has 0 spiro atoms. The van der Waals surface area contributed by atoms with Crippen molar-refractivity contribution in [2.75, 3.05) is 6.61 Å². The van der Waals surface area contributed by atoms with Gasteiger partial charge in [-0.3, -0.25) is 4.18 Å². The fourth-order valence-electron chi connectivity index (χ4n) is 1.41. The molecule has 0 aliphatic carbocycles. The first-order valence-electron chi connectivity index (χ1n) is 4.89. The molecule has 0 bridgehead atoms. The molecular formula is C11H12O4S. The van der Waals surface area contributed by atoms with Gasteiger partial charge in [-0.15, -0.1) is 0 Å². The molecule has 0 amide bonds. The topological polar surface area (TPSA) is 52.6 Å². The second-order valence-electron chi connectivity index (χ2n) is 3.48. The second-order valence-corrected chi connectivity index (χ2v) is 5.08. The number of hydrogen-bond acceptors (Lipinski definition) is 4. The Morgan fingerprint density at radius 2 is 2.06 bits per heavy atom. The molecule has 1 aliphatic heterocycles. The van der Waals surface area contributed by atoms with Crippen molar-refractivity contribution in [3.8, 4) is 0 Å². The van der Waals surface area contributed by atoms with Crippen LogP contribution in [0.2, 0.25) is 0 Å². The standard InChI is InChI=1S/C11H12O4S/c12-16(13,15-11-6-7-14-8-11)9-10-4-2-1-3-5-10/h1-7,11H,8-9H2. The van der Waals surface area contributed by atoms with Gasteiger partial charge in [0, 0.05) is 0 Å². The molecule has 16 heavy (non-hydrogen) atoms. The van der Waals surface area contributed by atoms with Crippen LogP contribution in [0.4, 0.5) is 0 Å². The summed E-state index contributed by atoms with van der Waals surface area (Å²) in [7, 11) is -3.55. The molecule has 0 fully saturated rings. The van der Waals surface area contributed by atoms with Crippen molar-refractivity contribution in [1.29, 1.82) is 0 Å². The summed E-state index contributed by atoms with van der Waals surface area (Å²) in [6.07, 6.45) is 2.54. The van der Waals surface area contributed by atoms with E-state index < -0.39 is 16.2 Å². The fraction of sp³-hybridized carbons (Fsp3) is 0.273. The fourth-order valence-corrected chi connectivity index (χ4v) is 2.57. The van der Waals surface area contributed by atoms with E-state index in [9.17, 15) is 8.42 Å². The molecule has 4 nitrogen and oxygen atoms in total. The van der Waals surface area contributed by atoms with Crippen molar-refractivity contribution in [2.45, 2.75) is 11.9 Å². The molecule has 1 unspecified atom stereocenters. The molecular weight excluding hydrogens is 228 g/mol. The maximum atomic E-state index is 11.6. The highest BCUT2D eigenvalue weighted by atomic mass is 32.2. The molecule has 0 radical (unpaired) electrons.